The van der Waals surface area contributed by atoms with Crippen molar-refractivity contribution in [1.29, 1.82) is 0 Å². The molecule has 0 aromatic heterocycles. The van der Waals surface area contributed by atoms with Crippen LogP contribution in [0, 0.1) is 0 Å². The highest BCUT2D eigenvalue weighted by Gasteiger charge is 2.60. The van der Waals surface area contributed by atoms with Gasteiger partial charge in [0.15, 0.2) is 5.54 Å². The predicted molar refractivity (Wildman–Crippen MR) is 37.4 cm³/mol. The van der Waals surface area contributed by atoms with Gasteiger partial charge in [-0.25, -0.2) is 4.79 Å². The third-order valence-corrected chi connectivity index (χ3v) is 2.05. The molecule has 13 heavy (non-hydrogen) atoms. The Balaban J connectivity index is 2.77. The molecule has 1 saturated heterocycles. The van der Waals surface area contributed by atoms with Gasteiger partial charge in [-0.1, -0.05) is 0 Å². The second kappa shape index (κ2) is 2.72. The molecule has 6 heteroatoms. The van der Waals surface area contributed by atoms with E-state index in [2.05, 4.69) is 0 Å². The normalized spacial score (nSPS) is 25.5. The van der Waals surface area contributed by atoms with E-state index >= 15 is 0 Å². The van der Waals surface area contributed by atoms with Gasteiger partial charge in [-0.2, -0.15) is 0 Å². The zero-order valence-electron chi connectivity index (χ0n) is 6.94. The molecule has 1 amide bonds. The van der Waals surface area contributed by atoms with Crippen LogP contribution in [0.25, 0.3) is 0 Å². The Morgan fingerprint density at radius 1 is 1.54 bits per heavy atom. The average molecular weight is 186 g/mol. The molecule has 0 aromatic carbocycles. The fraction of sp³-hybridized carbons (Fsp3) is 0.571. The number of hydrogen-bond acceptors (Lipinski definition) is 4. The molecule has 0 aliphatic carbocycles. The number of rotatable bonds is 3. The molecular weight excluding hydrogens is 178 g/mol. The van der Waals surface area contributed by atoms with Crippen molar-refractivity contribution in [2.24, 2.45) is 0 Å². The summed E-state index contributed by atoms with van der Waals surface area (Å²) in [6, 6.07) is 0. The van der Waals surface area contributed by atoms with Crippen molar-refractivity contribution in [2.75, 3.05) is 6.54 Å². The van der Waals surface area contributed by atoms with Crippen LogP contribution in [-0.4, -0.2) is 39.9 Å². The van der Waals surface area contributed by atoms with Crippen molar-refractivity contribution in [3.8, 4) is 0 Å². The Bertz CT molecular complexity index is 287. The third-order valence-electron chi connectivity index (χ3n) is 2.05. The van der Waals surface area contributed by atoms with Crippen LogP contribution >= 0.6 is 0 Å². The maximum Gasteiger partial charge on any atom is 0.331 e. The van der Waals surface area contributed by atoms with E-state index in [1.54, 1.807) is 0 Å². The highest BCUT2D eigenvalue weighted by molar-refractivity contribution is 5.95. The minimum Gasteiger partial charge on any atom is -0.550 e. The molecule has 0 spiro atoms. The highest BCUT2D eigenvalue weighted by Crippen LogP contribution is 2.35. The maximum absolute atomic E-state index is 10.8. The monoisotopic (exact) mass is 186 g/mol. The van der Waals surface area contributed by atoms with E-state index in [0.29, 0.717) is 0 Å². The number of carbonyl (C=O) groups is 3. The summed E-state index contributed by atoms with van der Waals surface area (Å²) in [6.07, 6.45) is -0.651. The van der Waals surface area contributed by atoms with E-state index in [-0.39, 0.29) is 6.54 Å². The van der Waals surface area contributed by atoms with E-state index in [1.165, 1.54) is 6.92 Å². The van der Waals surface area contributed by atoms with Crippen molar-refractivity contribution in [1.82, 2.24) is 4.90 Å². The third kappa shape index (κ3) is 1.47. The number of nitrogens with zero attached hydrogens (tertiary/aromatic N) is 1. The zero-order chi connectivity index (χ0) is 10.2. The molecule has 1 unspecified atom stereocenters. The zero-order valence-corrected chi connectivity index (χ0v) is 6.94. The van der Waals surface area contributed by atoms with E-state index in [1.807, 2.05) is 0 Å². The molecule has 6 nitrogen and oxygen atoms in total. The number of hydrogen-bond donors (Lipinski definition) is 1. The molecule has 0 aromatic rings. The summed E-state index contributed by atoms with van der Waals surface area (Å²) < 4.78 is 0. The van der Waals surface area contributed by atoms with Gasteiger partial charge >= 0.3 is 5.97 Å². The molecule has 1 fully saturated rings. The summed E-state index contributed by atoms with van der Waals surface area (Å²) >= 11 is 0. The first-order valence-corrected chi connectivity index (χ1v) is 3.61. The number of carboxylic acids is 2. The minimum absolute atomic E-state index is 0.0500. The van der Waals surface area contributed by atoms with Gasteiger partial charge in [-0.3, -0.25) is 4.79 Å². The average Bonchev–Trinajstić information content (AvgIpc) is 2.62. The Morgan fingerprint density at radius 2 is 2.08 bits per heavy atom. The summed E-state index contributed by atoms with van der Waals surface area (Å²) in [5, 5.41) is 18.9. The number of carbonyl (C=O) groups excluding carboxylic acids is 2. The van der Waals surface area contributed by atoms with Crippen molar-refractivity contribution < 1.29 is 24.6 Å². The molecule has 0 bridgehead atoms. The first-order chi connectivity index (χ1) is 5.90. The molecule has 1 atom stereocenters. The van der Waals surface area contributed by atoms with Crippen LogP contribution in [0.3, 0.4) is 0 Å². The van der Waals surface area contributed by atoms with Crippen LogP contribution in [0.15, 0.2) is 0 Å². The Hall–Kier alpha value is -1.59. The molecular formula is C7H8NO5-. The lowest BCUT2D eigenvalue weighted by atomic mass is 10.1. The van der Waals surface area contributed by atoms with Crippen molar-refractivity contribution >= 4 is 17.8 Å². The van der Waals surface area contributed by atoms with Gasteiger partial charge in [-0.05, 0) is 0 Å². The second-order valence-corrected chi connectivity index (χ2v) is 2.99. The van der Waals surface area contributed by atoms with Gasteiger partial charge in [0.1, 0.15) is 0 Å². The van der Waals surface area contributed by atoms with Crippen LogP contribution in [0.4, 0.5) is 0 Å². The van der Waals surface area contributed by atoms with Gasteiger partial charge in [-0.15, -0.1) is 0 Å². The van der Waals surface area contributed by atoms with Crippen LogP contribution in [-0.2, 0) is 14.4 Å². The molecule has 1 rings (SSSR count). The van der Waals surface area contributed by atoms with Gasteiger partial charge in [0, 0.05) is 19.3 Å². The molecule has 0 saturated carbocycles. The number of amides is 1. The van der Waals surface area contributed by atoms with Crippen LogP contribution in [0.1, 0.15) is 13.3 Å². The van der Waals surface area contributed by atoms with E-state index in [0.717, 1.165) is 4.90 Å². The van der Waals surface area contributed by atoms with E-state index in [9.17, 15) is 19.5 Å². The topological polar surface area (TPSA) is 97.5 Å². The van der Waals surface area contributed by atoms with Crippen LogP contribution < -0.4 is 5.11 Å². The smallest absolute Gasteiger partial charge is 0.331 e. The van der Waals surface area contributed by atoms with Gasteiger partial charge in [0.25, 0.3) is 0 Å². The summed E-state index contributed by atoms with van der Waals surface area (Å²) in [5.74, 6) is -3.21. The summed E-state index contributed by atoms with van der Waals surface area (Å²) in [7, 11) is 0. The molecule has 1 aliphatic heterocycles. The first kappa shape index (κ1) is 9.50. The van der Waals surface area contributed by atoms with E-state index in [4.69, 9.17) is 5.11 Å². The molecule has 72 valence electrons. The fourth-order valence-electron chi connectivity index (χ4n) is 1.29. The van der Waals surface area contributed by atoms with Crippen LogP contribution in [0.5, 0.6) is 0 Å². The molecule has 1 N–H and O–H groups in total. The van der Waals surface area contributed by atoms with Crippen molar-refractivity contribution in [3.63, 3.8) is 0 Å². The number of carboxylic acid groups (broad SMARTS) is 2. The first-order valence-electron chi connectivity index (χ1n) is 3.61. The molecule has 0 radical (unpaired) electrons. The SMILES string of the molecule is CC(=O)N1CC1(CC(=O)[O-])C(=O)O. The standard InChI is InChI=1S/C7H9NO5/c1-4(9)8-3-7(8,6(12)13)2-5(10)11/h2-3H2,1H3,(H,10,11)(H,12,13)/p-1. The minimum atomic E-state index is -1.55. The van der Waals surface area contributed by atoms with Gasteiger partial charge in [0.05, 0.1) is 6.54 Å². The fourth-order valence-corrected chi connectivity index (χ4v) is 1.29. The van der Waals surface area contributed by atoms with Gasteiger partial charge in [0.2, 0.25) is 5.91 Å². The molecule has 1 aliphatic rings. The maximum atomic E-state index is 10.8. The summed E-state index contributed by atoms with van der Waals surface area (Å²) in [5.41, 5.74) is -1.55. The quantitative estimate of drug-likeness (QED) is 0.505. The summed E-state index contributed by atoms with van der Waals surface area (Å²) in [4.78, 5) is 32.6. The lowest BCUT2D eigenvalue weighted by Crippen LogP contribution is -2.38. The number of aliphatic carboxylic acids is 2. The lowest BCUT2D eigenvalue weighted by molar-refractivity contribution is -0.306. The van der Waals surface area contributed by atoms with E-state index < -0.39 is 29.8 Å². The second-order valence-electron chi connectivity index (χ2n) is 2.99. The lowest BCUT2D eigenvalue weighted by Gasteiger charge is -2.11. The van der Waals surface area contributed by atoms with Gasteiger partial charge < -0.3 is 19.9 Å². The van der Waals surface area contributed by atoms with Crippen molar-refractivity contribution in [3.05, 3.63) is 0 Å². The Kier molecular flexibility index (Phi) is 1.99. The molecule has 1 heterocycles. The predicted octanol–water partition coefficient (Wildman–Crippen LogP) is -2.19. The van der Waals surface area contributed by atoms with Crippen LogP contribution in [0.2, 0.25) is 0 Å². The largest absolute Gasteiger partial charge is 0.550 e. The highest BCUT2D eigenvalue weighted by atomic mass is 16.4. The Labute approximate surface area is 73.8 Å². The Morgan fingerprint density at radius 3 is 2.31 bits per heavy atom. The van der Waals surface area contributed by atoms with Crippen molar-refractivity contribution in [2.45, 2.75) is 18.9 Å². The summed E-state index contributed by atoms with van der Waals surface area (Å²) in [6.45, 7) is 1.14.